The Kier molecular flexibility index (Phi) is 7.24. The standard InChI is InChI=1S/C27H31N5O5/c1-3-35-19-11-10-17(12-20(19)36-4-2)31-25-22-18(16-8-6-5-7-9-16)14-32(26(22)30-15-29-25)27-24(34)23(33)21(13-28)37-27/h5-12,14-15,21,23-24,27,33-34H,3-4,13,28H2,1-2H3,(H,29,30,31)/t21-,23-,24-,27-/m1/s1. The Balaban J connectivity index is 1.62. The van der Waals surface area contributed by atoms with Crippen LogP contribution in [-0.2, 0) is 4.74 Å². The number of nitrogens with zero attached hydrogens (tertiary/aromatic N) is 3. The summed E-state index contributed by atoms with van der Waals surface area (Å²) in [5.74, 6) is 1.86. The summed E-state index contributed by atoms with van der Waals surface area (Å²) in [5.41, 5.74) is 8.83. The Hall–Kier alpha value is -3.70. The zero-order chi connectivity index (χ0) is 25.9. The molecule has 3 heterocycles. The first-order valence-corrected chi connectivity index (χ1v) is 12.3. The summed E-state index contributed by atoms with van der Waals surface area (Å²) in [7, 11) is 0. The van der Waals surface area contributed by atoms with Gasteiger partial charge in [-0.15, -0.1) is 0 Å². The summed E-state index contributed by atoms with van der Waals surface area (Å²) < 4.78 is 19.1. The summed E-state index contributed by atoms with van der Waals surface area (Å²) in [6, 6.07) is 15.4. The number of aliphatic hydroxyl groups is 2. The van der Waals surface area contributed by atoms with E-state index in [1.54, 1.807) is 4.57 Å². The lowest BCUT2D eigenvalue weighted by Crippen LogP contribution is -2.35. The molecule has 10 heteroatoms. The molecule has 1 aliphatic heterocycles. The van der Waals surface area contributed by atoms with Crippen LogP contribution in [0.25, 0.3) is 22.2 Å². The molecule has 0 radical (unpaired) electrons. The summed E-state index contributed by atoms with van der Waals surface area (Å²) in [5, 5.41) is 25.3. The van der Waals surface area contributed by atoms with E-state index >= 15 is 0 Å². The van der Waals surface area contributed by atoms with E-state index in [-0.39, 0.29) is 6.54 Å². The number of aromatic nitrogens is 3. The lowest BCUT2D eigenvalue weighted by Gasteiger charge is -2.17. The maximum absolute atomic E-state index is 10.8. The molecule has 2 aromatic heterocycles. The van der Waals surface area contributed by atoms with E-state index in [2.05, 4.69) is 15.3 Å². The smallest absolute Gasteiger partial charge is 0.164 e. The van der Waals surface area contributed by atoms with Gasteiger partial charge in [-0.3, -0.25) is 0 Å². The molecule has 1 fully saturated rings. The van der Waals surface area contributed by atoms with Gasteiger partial charge in [0.2, 0.25) is 0 Å². The summed E-state index contributed by atoms with van der Waals surface area (Å²) >= 11 is 0. The second kappa shape index (κ2) is 10.7. The molecule has 0 unspecified atom stereocenters. The molecule has 5 rings (SSSR count). The molecule has 0 amide bonds. The monoisotopic (exact) mass is 505 g/mol. The van der Waals surface area contributed by atoms with Gasteiger partial charge >= 0.3 is 0 Å². The van der Waals surface area contributed by atoms with E-state index in [1.807, 2.05) is 68.6 Å². The van der Waals surface area contributed by atoms with Crippen LogP contribution in [-0.4, -0.2) is 62.8 Å². The first-order chi connectivity index (χ1) is 18.0. The van der Waals surface area contributed by atoms with E-state index in [4.69, 9.17) is 19.9 Å². The molecular weight excluding hydrogens is 474 g/mol. The van der Waals surface area contributed by atoms with Gasteiger partial charge in [0.15, 0.2) is 17.7 Å². The third kappa shape index (κ3) is 4.72. The molecule has 5 N–H and O–H groups in total. The SMILES string of the molecule is CCOc1ccc(Nc2ncnc3c2c(-c2ccccc2)cn3[C@@H]2O[C@H](CN)[C@@H](O)[C@H]2O)cc1OCC. The molecule has 194 valence electrons. The van der Waals surface area contributed by atoms with Crippen LogP contribution < -0.4 is 20.5 Å². The molecule has 1 saturated heterocycles. The van der Waals surface area contributed by atoms with Crippen LogP contribution in [0, 0.1) is 0 Å². The van der Waals surface area contributed by atoms with Crippen molar-refractivity contribution in [2.75, 3.05) is 25.1 Å². The number of aliphatic hydroxyl groups excluding tert-OH is 2. The van der Waals surface area contributed by atoms with Crippen molar-refractivity contribution < 1.29 is 24.4 Å². The van der Waals surface area contributed by atoms with Crippen LogP contribution in [0.5, 0.6) is 11.5 Å². The van der Waals surface area contributed by atoms with Crippen molar-refractivity contribution >= 4 is 22.5 Å². The predicted octanol–water partition coefficient (Wildman–Crippen LogP) is 3.22. The highest BCUT2D eigenvalue weighted by atomic mass is 16.6. The molecule has 2 aromatic carbocycles. The molecule has 10 nitrogen and oxygen atoms in total. The number of ether oxygens (including phenoxy) is 3. The van der Waals surface area contributed by atoms with E-state index in [1.165, 1.54) is 6.33 Å². The van der Waals surface area contributed by atoms with Crippen molar-refractivity contribution in [2.24, 2.45) is 5.73 Å². The van der Waals surface area contributed by atoms with Crippen molar-refractivity contribution in [3.05, 3.63) is 61.1 Å². The summed E-state index contributed by atoms with van der Waals surface area (Å²) in [6.45, 7) is 4.96. The van der Waals surface area contributed by atoms with Crippen LogP contribution in [0.2, 0.25) is 0 Å². The lowest BCUT2D eigenvalue weighted by molar-refractivity contribution is -0.0318. The van der Waals surface area contributed by atoms with E-state index in [0.717, 1.165) is 22.2 Å². The molecule has 0 bridgehead atoms. The quantitative estimate of drug-likeness (QED) is 0.270. The van der Waals surface area contributed by atoms with Crippen molar-refractivity contribution in [2.45, 2.75) is 38.4 Å². The summed E-state index contributed by atoms with van der Waals surface area (Å²) in [6.07, 6.45) is -0.499. The third-order valence-corrected chi connectivity index (χ3v) is 6.34. The predicted molar refractivity (Wildman–Crippen MR) is 140 cm³/mol. The highest BCUT2D eigenvalue weighted by Gasteiger charge is 2.43. The number of rotatable bonds is 9. The van der Waals surface area contributed by atoms with E-state index < -0.39 is 24.5 Å². The van der Waals surface area contributed by atoms with Crippen LogP contribution >= 0.6 is 0 Å². The number of nitrogens with two attached hydrogens (primary N) is 1. The fraction of sp³-hybridized carbons (Fsp3) is 0.333. The van der Waals surface area contributed by atoms with Crippen molar-refractivity contribution in [3.8, 4) is 22.6 Å². The lowest BCUT2D eigenvalue weighted by atomic mass is 10.1. The normalized spacial score (nSPS) is 21.3. The fourth-order valence-electron chi connectivity index (χ4n) is 4.63. The van der Waals surface area contributed by atoms with Crippen LogP contribution in [0.1, 0.15) is 20.1 Å². The minimum Gasteiger partial charge on any atom is -0.490 e. The number of fused-ring (bicyclic) bond motifs is 1. The molecule has 0 spiro atoms. The molecule has 0 saturated carbocycles. The van der Waals surface area contributed by atoms with Crippen LogP contribution in [0.3, 0.4) is 0 Å². The Morgan fingerprint density at radius 2 is 1.76 bits per heavy atom. The van der Waals surface area contributed by atoms with E-state index in [9.17, 15) is 10.2 Å². The Morgan fingerprint density at radius 1 is 1.00 bits per heavy atom. The number of nitrogens with one attached hydrogen (secondary N) is 1. The first kappa shape index (κ1) is 25.0. The molecule has 1 aliphatic rings. The van der Waals surface area contributed by atoms with Gasteiger partial charge in [0.05, 0.1) is 18.6 Å². The van der Waals surface area contributed by atoms with Crippen molar-refractivity contribution in [1.82, 2.24) is 14.5 Å². The average molecular weight is 506 g/mol. The largest absolute Gasteiger partial charge is 0.490 e. The number of anilines is 2. The fourth-order valence-corrected chi connectivity index (χ4v) is 4.63. The highest BCUT2D eigenvalue weighted by molar-refractivity contribution is 6.02. The Labute approximate surface area is 214 Å². The number of hydrogen-bond acceptors (Lipinski definition) is 9. The van der Waals surface area contributed by atoms with Gasteiger partial charge in [-0.2, -0.15) is 0 Å². The molecule has 0 aliphatic carbocycles. The minimum absolute atomic E-state index is 0.0845. The Bertz CT molecular complexity index is 1360. The van der Waals surface area contributed by atoms with Gasteiger partial charge < -0.3 is 40.0 Å². The van der Waals surface area contributed by atoms with E-state index in [0.29, 0.717) is 36.2 Å². The minimum atomic E-state index is -1.17. The Morgan fingerprint density at radius 3 is 2.46 bits per heavy atom. The van der Waals surface area contributed by atoms with Crippen molar-refractivity contribution in [1.29, 1.82) is 0 Å². The zero-order valence-corrected chi connectivity index (χ0v) is 20.7. The van der Waals surface area contributed by atoms with Crippen molar-refractivity contribution in [3.63, 3.8) is 0 Å². The second-order valence-corrected chi connectivity index (χ2v) is 8.67. The third-order valence-electron chi connectivity index (χ3n) is 6.34. The van der Waals surface area contributed by atoms with Gasteiger partial charge in [0.25, 0.3) is 0 Å². The summed E-state index contributed by atoms with van der Waals surface area (Å²) in [4.78, 5) is 9.08. The highest BCUT2D eigenvalue weighted by Crippen LogP contribution is 2.40. The van der Waals surface area contributed by atoms with Gasteiger partial charge in [-0.05, 0) is 31.5 Å². The van der Waals surface area contributed by atoms with Crippen LogP contribution in [0.4, 0.5) is 11.5 Å². The van der Waals surface area contributed by atoms with Crippen LogP contribution in [0.15, 0.2) is 61.1 Å². The average Bonchev–Trinajstić information content (AvgIpc) is 3.44. The molecule has 4 atom stereocenters. The molecule has 4 aromatic rings. The number of hydrogen-bond donors (Lipinski definition) is 4. The maximum Gasteiger partial charge on any atom is 0.164 e. The number of benzene rings is 2. The molecular formula is C27H31N5O5. The second-order valence-electron chi connectivity index (χ2n) is 8.67. The first-order valence-electron chi connectivity index (χ1n) is 12.3. The maximum atomic E-state index is 10.8. The van der Waals surface area contributed by atoms with Gasteiger partial charge in [0.1, 0.15) is 36.1 Å². The van der Waals surface area contributed by atoms with Gasteiger partial charge in [-0.1, -0.05) is 30.3 Å². The molecule has 37 heavy (non-hydrogen) atoms. The van der Waals surface area contributed by atoms with Gasteiger partial charge in [-0.25, -0.2) is 9.97 Å². The zero-order valence-electron chi connectivity index (χ0n) is 20.7. The van der Waals surface area contributed by atoms with Gasteiger partial charge in [0, 0.05) is 30.1 Å². The topological polar surface area (TPSA) is 137 Å².